The first-order valence-corrected chi connectivity index (χ1v) is 6.86. The standard InChI is InChI=1S/C14H19N5O/c1-18-8-10(7-17-18)4-5-16-14(20)13-6-11(15)9-19(13)12-2-3-12/h6-9,12H,2-5,15H2,1H3,(H,16,20). The van der Waals surface area contributed by atoms with Crippen molar-refractivity contribution in [2.75, 3.05) is 12.3 Å². The molecule has 0 aromatic carbocycles. The number of anilines is 1. The number of nitrogens with zero attached hydrogens (tertiary/aromatic N) is 3. The van der Waals surface area contributed by atoms with E-state index in [0.717, 1.165) is 24.8 Å². The Morgan fingerprint density at radius 2 is 2.30 bits per heavy atom. The predicted octanol–water partition coefficient (Wildman–Crippen LogP) is 1.11. The fourth-order valence-electron chi connectivity index (χ4n) is 2.35. The number of aromatic nitrogens is 3. The molecule has 20 heavy (non-hydrogen) atoms. The predicted molar refractivity (Wildman–Crippen MR) is 76.4 cm³/mol. The van der Waals surface area contributed by atoms with Gasteiger partial charge in [-0.1, -0.05) is 0 Å². The first-order chi connectivity index (χ1) is 9.63. The molecule has 1 amide bonds. The Hall–Kier alpha value is -2.24. The Balaban J connectivity index is 1.59. The van der Waals surface area contributed by atoms with Gasteiger partial charge in [0.15, 0.2) is 0 Å². The Morgan fingerprint density at radius 3 is 2.95 bits per heavy atom. The monoisotopic (exact) mass is 273 g/mol. The molecule has 1 saturated carbocycles. The fourth-order valence-corrected chi connectivity index (χ4v) is 2.35. The van der Waals surface area contributed by atoms with Crippen molar-refractivity contribution in [2.24, 2.45) is 7.05 Å². The summed E-state index contributed by atoms with van der Waals surface area (Å²) >= 11 is 0. The molecular formula is C14H19N5O. The van der Waals surface area contributed by atoms with Crippen LogP contribution < -0.4 is 11.1 Å². The first-order valence-electron chi connectivity index (χ1n) is 6.86. The second-order valence-electron chi connectivity index (χ2n) is 5.33. The van der Waals surface area contributed by atoms with E-state index < -0.39 is 0 Å². The van der Waals surface area contributed by atoms with Crippen LogP contribution in [-0.4, -0.2) is 26.8 Å². The summed E-state index contributed by atoms with van der Waals surface area (Å²) in [7, 11) is 1.88. The molecule has 0 bridgehead atoms. The lowest BCUT2D eigenvalue weighted by atomic mass is 10.2. The molecule has 3 N–H and O–H groups in total. The highest BCUT2D eigenvalue weighted by molar-refractivity contribution is 5.93. The summed E-state index contributed by atoms with van der Waals surface area (Å²) in [6.45, 7) is 0.597. The van der Waals surface area contributed by atoms with Gasteiger partial charge >= 0.3 is 0 Å². The summed E-state index contributed by atoms with van der Waals surface area (Å²) in [6, 6.07) is 2.20. The summed E-state index contributed by atoms with van der Waals surface area (Å²) < 4.78 is 3.75. The van der Waals surface area contributed by atoms with Crippen molar-refractivity contribution in [3.63, 3.8) is 0 Å². The van der Waals surface area contributed by atoms with Crippen LogP contribution in [0.2, 0.25) is 0 Å². The lowest BCUT2D eigenvalue weighted by Crippen LogP contribution is -2.27. The Labute approximate surface area is 117 Å². The number of amides is 1. The topological polar surface area (TPSA) is 77.9 Å². The summed E-state index contributed by atoms with van der Waals surface area (Å²) in [4.78, 5) is 12.2. The number of carbonyl (C=O) groups is 1. The van der Waals surface area contributed by atoms with Crippen molar-refractivity contribution < 1.29 is 4.79 Å². The van der Waals surface area contributed by atoms with Crippen LogP contribution in [0.4, 0.5) is 5.69 Å². The van der Waals surface area contributed by atoms with Crippen LogP contribution in [0.15, 0.2) is 24.7 Å². The smallest absolute Gasteiger partial charge is 0.268 e. The first kappa shape index (κ1) is 12.8. The van der Waals surface area contributed by atoms with Gasteiger partial charge in [0, 0.05) is 32.0 Å². The SMILES string of the molecule is Cn1cc(CCNC(=O)c2cc(N)cn2C2CC2)cn1. The zero-order valence-electron chi connectivity index (χ0n) is 11.5. The number of nitrogens with two attached hydrogens (primary N) is 1. The van der Waals surface area contributed by atoms with Crippen LogP contribution in [0.3, 0.4) is 0 Å². The summed E-state index contributed by atoms with van der Waals surface area (Å²) in [5, 5.41) is 7.05. The minimum atomic E-state index is -0.0579. The summed E-state index contributed by atoms with van der Waals surface area (Å²) in [5.74, 6) is -0.0579. The molecule has 2 aromatic heterocycles. The average Bonchev–Trinajstić information content (AvgIpc) is 3.06. The molecule has 1 aliphatic rings. The molecule has 0 unspecified atom stereocenters. The molecule has 6 heteroatoms. The summed E-state index contributed by atoms with van der Waals surface area (Å²) in [5.41, 5.74) is 8.22. The van der Waals surface area contributed by atoms with E-state index in [-0.39, 0.29) is 5.91 Å². The van der Waals surface area contributed by atoms with Gasteiger partial charge in [0.25, 0.3) is 5.91 Å². The van der Waals surface area contributed by atoms with Crippen LogP contribution in [0.5, 0.6) is 0 Å². The highest BCUT2D eigenvalue weighted by Crippen LogP contribution is 2.37. The van der Waals surface area contributed by atoms with E-state index in [1.54, 1.807) is 10.7 Å². The van der Waals surface area contributed by atoms with Gasteiger partial charge in [-0.25, -0.2) is 0 Å². The maximum absolute atomic E-state index is 12.2. The van der Waals surface area contributed by atoms with E-state index in [2.05, 4.69) is 10.4 Å². The molecule has 0 saturated heterocycles. The molecule has 1 aliphatic carbocycles. The third-order valence-corrected chi connectivity index (χ3v) is 3.50. The number of carbonyl (C=O) groups excluding carboxylic acids is 1. The second kappa shape index (κ2) is 5.03. The third kappa shape index (κ3) is 2.68. The minimum absolute atomic E-state index is 0.0579. The van der Waals surface area contributed by atoms with Crippen molar-refractivity contribution >= 4 is 11.6 Å². The van der Waals surface area contributed by atoms with Crippen LogP contribution in [0.1, 0.15) is 34.9 Å². The van der Waals surface area contributed by atoms with E-state index >= 15 is 0 Å². The van der Waals surface area contributed by atoms with Crippen LogP contribution in [-0.2, 0) is 13.5 Å². The lowest BCUT2D eigenvalue weighted by molar-refractivity contribution is 0.0944. The van der Waals surface area contributed by atoms with Crippen molar-refractivity contribution in [1.82, 2.24) is 19.7 Å². The molecule has 1 fully saturated rings. The fraction of sp³-hybridized carbons (Fsp3) is 0.429. The molecule has 0 aliphatic heterocycles. The molecule has 0 atom stereocenters. The van der Waals surface area contributed by atoms with Gasteiger partial charge in [0.05, 0.1) is 11.9 Å². The number of hydrogen-bond donors (Lipinski definition) is 2. The van der Waals surface area contributed by atoms with E-state index in [0.29, 0.717) is 24.0 Å². The van der Waals surface area contributed by atoms with Crippen LogP contribution in [0, 0.1) is 0 Å². The van der Waals surface area contributed by atoms with Crippen molar-refractivity contribution in [2.45, 2.75) is 25.3 Å². The molecule has 106 valence electrons. The van der Waals surface area contributed by atoms with Gasteiger partial charge in [-0.15, -0.1) is 0 Å². The molecular weight excluding hydrogens is 254 g/mol. The van der Waals surface area contributed by atoms with E-state index in [4.69, 9.17) is 5.73 Å². The van der Waals surface area contributed by atoms with Crippen LogP contribution >= 0.6 is 0 Å². The van der Waals surface area contributed by atoms with E-state index in [1.165, 1.54) is 0 Å². The number of nitrogens with one attached hydrogen (secondary N) is 1. The normalized spacial score (nSPS) is 14.4. The quantitative estimate of drug-likeness (QED) is 0.856. The third-order valence-electron chi connectivity index (χ3n) is 3.50. The Kier molecular flexibility index (Phi) is 3.22. The van der Waals surface area contributed by atoms with Gasteiger partial charge in [0.1, 0.15) is 5.69 Å². The molecule has 0 spiro atoms. The van der Waals surface area contributed by atoms with Gasteiger partial charge in [-0.05, 0) is 30.9 Å². The maximum atomic E-state index is 12.2. The van der Waals surface area contributed by atoms with Gasteiger partial charge in [-0.2, -0.15) is 5.10 Å². The van der Waals surface area contributed by atoms with Crippen molar-refractivity contribution in [3.8, 4) is 0 Å². The van der Waals surface area contributed by atoms with Crippen LogP contribution in [0.25, 0.3) is 0 Å². The maximum Gasteiger partial charge on any atom is 0.268 e. The molecule has 2 heterocycles. The van der Waals surface area contributed by atoms with E-state index in [9.17, 15) is 4.79 Å². The lowest BCUT2D eigenvalue weighted by Gasteiger charge is -2.08. The Morgan fingerprint density at radius 1 is 1.50 bits per heavy atom. The highest BCUT2D eigenvalue weighted by Gasteiger charge is 2.27. The number of nitrogen functional groups attached to an aromatic ring is 1. The molecule has 0 radical (unpaired) electrons. The highest BCUT2D eigenvalue weighted by atomic mass is 16.1. The molecule has 3 rings (SSSR count). The van der Waals surface area contributed by atoms with Gasteiger partial charge < -0.3 is 15.6 Å². The van der Waals surface area contributed by atoms with E-state index in [1.807, 2.05) is 30.2 Å². The van der Waals surface area contributed by atoms with Crippen molar-refractivity contribution in [1.29, 1.82) is 0 Å². The largest absolute Gasteiger partial charge is 0.397 e. The second-order valence-corrected chi connectivity index (χ2v) is 5.33. The number of rotatable bonds is 5. The average molecular weight is 273 g/mol. The Bertz CT molecular complexity index is 623. The molecule has 2 aromatic rings. The van der Waals surface area contributed by atoms with Gasteiger partial charge in [-0.3, -0.25) is 9.48 Å². The molecule has 6 nitrogen and oxygen atoms in total. The number of hydrogen-bond acceptors (Lipinski definition) is 3. The zero-order chi connectivity index (χ0) is 14.1. The number of aryl methyl sites for hydroxylation is 1. The summed E-state index contributed by atoms with van der Waals surface area (Å²) in [6.07, 6.45) is 8.66. The zero-order valence-corrected chi connectivity index (χ0v) is 11.5. The van der Waals surface area contributed by atoms with Crippen molar-refractivity contribution in [3.05, 3.63) is 35.9 Å². The minimum Gasteiger partial charge on any atom is -0.397 e. The van der Waals surface area contributed by atoms with Gasteiger partial charge in [0.2, 0.25) is 0 Å².